The van der Waals surface area contributed by atoms with E-state index in [-0.39, 0.29) is 17.6 Å². The summed E-state index contributed by atoms with van der Waals surface area (Å²) in [5.74, 6) is 0. The lowest BCUT2D eigenvalue weighted by Crippen LogP contribution is -2.50. The Morgan fingerprint density at radius 1 is 1.30 bits per heavy atom. The normalized spacial score (nSPS) is 33.6. The quantitative estimate of drug-likeness (QED) is 0.791. The summed E-state index contributed by atoms with van der Waals surface area (Å²) in [6.07, 6.45) is 6.32. The largest absolute Gasteiger partial charge is 0.399 e. The van der Waals surface area contributed by atoms with Gasteiger partial charge in [0.1, 0.15) is 7.11 Å². The minimum Gasteiger partial charge on any atom is -0.399 e. The van der Waals surface area contributed by atoms with Crippen LogP contribution in [0.2, 0.25) is 0 Å². The number of allylic oxidation sites excluding steroid dienone is 1. The Labute approximate surface area is 122 Å². The minimum atomic E-state index is -0.375. The third kappa shape index (κ3) is 3.23. The Balaban J connectivity index is 2.31. The van der Waals surface area contributed by atoms with Gasteiger partial charge in [-0.15, -0.1) is 0 Å². The Morgan fingerprint density at radius 3 is 2.55 bits per heavy atom. The van der Waals surface area contributed by atoms with Crippen molar-refractivity contribution in [3.05, 3.63) is 11.6 Å². The smallest absolute Gasteiger partial charge is 0.106 e. The van der Waals surface area contributed by atoms with E-state index < -0.39 is 0 Å². The van der Waals surface area contributed by atoms with E-state index in [2.05, 4.69) is 36.9 Å². The molecule has 2 unspecified atom stereocenters. The molecule has 114 valence electrons. The Bertz CT molecular complexity index is 395. The van der Waals surface area contributed by atoms with Gasteiger partial charge in [0, 0.05) is 6.42 Å². The minimum absolute atomic E-state index is 0.0925. The summed E-state index contributed by atoms with van der Waals surface area (Å²) in [6.45, 7) is 8.47. The van der Waals surface area contributed by atoms with Crippen LogP contribution in [0.25, 0.3) is 0 Å². The maximum absolute atomic E-state index is 10.9. The molecule has 0 aromatic carbocycles. The average molecular weight is 280 g/mol. The van der Waals surface area contributed by atoms with Gasteiger partial charge in [0.25, 0.3) is 0 Å². The van der Waals surface area contributed by atoms with Crippen LogP contribution in [-0.2, 0) is 4.84 Å². The molecule has 0 amide bonds. The maximum atomic E-state index is 10.9. The molecule has 4 nitrogen and oxygen atoms in total. The molecule has 1 aliphatic heterocycles. The number of rotatable bonds is 2. The van der Waals surface area contributed by atoms with Crippen molar-refractivity contribution in [3.8, 4) is 0 Å². The molecule has 1 heterocycles. The molecular weight excluding hydrogens is 252 g/mol. The summed E-state index contributed by atoms with van der Waals surface area (Å²) in [6, 6.07) is 0.0925. The zero-order valence-corrected chi connectivity index (χ0v) is 13.2. The van der Waals surface area contributed by atoms with E-state index in [1.165, 1.54) is 19.3 Å². The van der Waals surface area contributed by atoms with E-state index in [9.17, 15) is 5.11 Å². The second-order valence-corrected chi connectivity index (χ2v) is 6.77. The fourth-order valence-corrected chi connectivity index (χ4v) is 3.32. The third-order valence-electron chi connectivity index (χ3n) is 4.64. The molecule has 0 aromatic heterocycles. The molecule has 1 aliphatic carbocycles. The van der Waals surface area contributed by atoms with Gasteiger partial charge < -0.3 is 9.94 Å². The van der Waals surface area contributed by atoms with Crippen LogP contribution in [-0.4, -0.2) is 48.1 Å². The van der Waals surface area contributed by atoms with Crippen molar-refractivity contribution in [2.45, 2.75) is 58.6 Å². The van der Waals surface area contributed by atoms with Crippen molar-refractivity contribution in [2.24, 2.45) is 10.6 Å². The van der Waals surface area contributed by atoms with Crippen molar-refractivity contribution in [3.63, 3.8) is 0 Å². The number of likely N-dealkylation sites (tertiary alicyclic amines) is 1. The number of hydrogen-bond acceptors (Lipinski definition) is 4. The lowest BCUT2D eigenvalue weighted by molar-refractivity contribution is -0.0106. The molecule has 1 saturated heterocycles. The molecule has 2 rings (SSSR count). The zero-order chi connectivity index (χ0) is 14.8. The van der Waals surface area contributed by atoms with E-state index in [0.717, 1.165) is 30.8 Å². The number of aliphatic hydroxyl groups excluding tert-OH is 1. The first-order chi connectivity index (χ1) is 9.45. The van der Waals surface area contributed by atoms with Crippen LogP contribution in [0.4, 0.5) is 0 Å². The molecule has 0 spiro atoms. The first kappa shape index (κ1) is 15.5. The lowest BCUT2D eigenvalue weighted by atomic mass is 9.79. The summed E-state index contributed by atoms with van der Waals surface area (Å²) in [5, 5.41) is 15.0. The Hall–Kier alpha value is -0.870. The molecule has 0 bridgehead atoms. The summed E-state index contributed by atoms with van der Waals surface area (Å²) in [4.78, 5) is 7.39. The molecule has 0 saturated carbocycles. The monoisotopic (exact) mass is 280 g/mol. The van der Waals surface area contributed by atoms with Gasteiger partial charge in [-0.2, -0.15) is 0 Å². The predicted molar refractivity (Wildman–Crippen MR) is 81.8 cm³/mol. The van der Waals surface area contributed by atoms with Crippen LogP contribution in [0, 0.1) is 5.41 Å². The first-order valence-electron chi connectivity index (χ1n) is 7.66. The lowest BCUT2D eigenvalue weighted by Gasteiger charge is -2.40. The molecule has 1 fully saturated rings. The molecular formula is C16H28N2O2. The summed E-state index contributed by atoms with van der Waals surface area (Å²) >= 11 is 0. The van der Waals surface area contributed by atoms with Crippen molar-refractivity contribution in [1.29, 1.82) is 0 Å². The Morgan fingerprint density at radius 2 is 1.95 bits per heavy atom. The van der Waals surface area contributed by atoms with Gasteiger partial charge >= 0.3 is 0 Å². The van der Waals surface area contributed by atoms with E-state index in [1.807, 2.05) is 0 Å². The summed E-state index contributed by atoms with van der Waals surface area (Å²) < 4.78 is 0. The number of oxime groups is 1. The Kier molecular flexibility index (Phi) is 4.86. The van der Waals surface area contributed by atoms with Gasteiger partial charge in [0.2, 0.25) is 0 Å². The van der Waals surface area contributed by atoms with Crippen molar-refractivity contribution >= 4 is 5.71 Å². The topological polar surface area (TPSA) is 45.1 Å². The molecule has 4 heteroatoms. The number of piperidine rings is 1. The van der Waals surface area contributed by atoms with Crippen molar-refractivity contribution in [2.75, 3.05) is 20.2 Å². The van der Waals surface area contributed by atoms with Crippen LogP contribution in [0.1, 0.15) is 46.5 Å². The van der Waals surface area contributed by atoms with Crippen LogP contribution >= 0.6 is 0 Å². The highest BCUT2D eigenvalue weighted by Crippen LogP contribution is 2.35. The standard InChI is InChI=1S/C16H28N2O2/c1-12-10-14(18-8-6-5-7-9-18)15(19)16(2,3)11-13(12)17-20-4/h10,14-15,19H,5-9,11H2,1-4H3/b17-13-. The highest BCUT2D eigenvalue weighted by atomic mass is 16.6. The summed E-state index contributed by atoms with van der Waals surface area (Å²) in [7, 11) is 1.58. The second kappa shape index (κ2) is 6.27. The van der Waals surface area contributed by atoms with E-state index >= 15 is 0 Å². The van der Waals surface area contributed by atoms with Crippen LogP contribution in [0.3, 0.4) is 0 Å². The number of aliphatic hydroxyl groups is 1. The maximum Gasteiger partial charge on any atom is 0.106 e. The molecule has 20 heavy (non-hydrogen) atoms. The van der Waals surface area contributed by atoms with Gasteiger partial charge in [-0.1, -0.05) is 31.5 Å². The fraction of sp³-hybridized carbons (Fsp3) is 0.812. The number of hydrogen-bond donors (Lipinski definition) is 1. The highest BCUT2D eigenvalue weighted by molar-refractivity contribution is 6.00. The van der Waals surface area contributed by atoms with Gasteiger partial charge in [0.05, 0.1) is 17.9 Å². The predicted octanol–water partition coefficient (Wildman–Crippen LogP) is 2.58. The van der Waals surface area contributed by atoms with Gasteiger partial charge in [-0.25, -0.2) is 0 Å². The zero-order valence-electron chi connectivity index (χ0n) is 13.2. The van der Waals surface area contributed by atoms with Crippen molar-refractivity contribution < 1.29 is 9.94 Å². The highest BCUT2D eigenvalue weighted by Gasteiger charge is 2.40. The molecule has 2 aliphatic rings. The van der Waals surface area contributed by atoms with E-state index in [0.29, 0.717) is 0 Å². The van der Waals surface area contributed by atoms with Crippen molar-refractivity contribution in [1.82, 2.24) is 4.90 Å². The van der Waals surface area contributed by atoms with Gasteiger partial charge in [-0.3, -0.25) is 4.90 Å². The third-order valence-corrected chi connectivity index (χ3v) is 4.64. The van der Waals surface area contributed by atoms with E-state index in [4.69, 9.17) is 4.84 Å². The first-order valence-corrected chi connectivity index (χ1v) is 7.66. The fourth-order valence-electron chi connectivity index (χ4n) is 3.32. The van der Waals surface area contributed by atoms with Crippen LogP contribution < -0.4 is 0 Å². The number of nitrogens with zero attached hydrogens (tertiary/aromatic N) is 2. The molecule has 2 atom stereocenters. The molecule has 0 radical (unpaired) electrons. The second-order valence-electron chi connectivity index (χ2n) is 6.77. The molecule has 0 aromatic rings. The van der Waals surface area contributed by atoms with Gasteiger partial charge in [0.15, 0.2) is 0 Å². The van der Waals surface area contributed by atoms with E-state index in [1.54, 1.807) is 7.11 Å². The average Bonchev–Trinajstić information content (AvgIpc) is 2.51. The van der Waals surface area contributed by atoms with Crippen LogP contribution in [0.5, 0.6) is 0 Å². The summed E-state index contributed by atoms with van der Waals surface area (Å²) in [5.41, 5.74) is 1.89. The SMILES string of the molecule is CO/N=C1/CC(C)(C)C(O)C(N2CCCCC2)C=C1C. The molecule has 1 N–H and O–H groups in total. The van der Waals surface area contributed by atoms with Crippen LogP contribution in [0.15, 0.2) is 16.8 Å². The van der Waals surface area contributed by atoms with Gasteiger partial charge in [-0.05, 0) is 43.8 Å².